The van der Waals surface area contributed by atoms with Gasteiger partial charge in [0.25, 0.3) is 5.56 Å². The van der Waals surface area contributed by atoms with Crippen molar-refractivity contribution in [2.45, 2.75) is 32.1 Å². The molecule has 0 bridgehead atoms. The molecule has 0 aliphatic heterocycles. The Morgan fingerprint density at radius 3 is 3.12 bits per heavy atom. The summed E-state index contributed by atoms with van der Waals surface area (Å²) >= 11 is 1.46. The number of hydrogen-bond donors (Lipinski definition) is 1. The molecule has 1 aromatic carbocycles. The van der Waals surface area contributed by atoms with Gasteiger partial charge in [-0.2, -0.15) is 4.52 Å². The molecule has 128 valence electrons. The molecule has 3 atom stereocenters. The summed E-state index contributed by atoms with van der Waals surface area (Å²) in [6, 6.07) is 10.4. The summed E-state index contributed by atoms with van der Waals surface area (Å²) in [6.07, 6.45) is 3.02. The van der Waals surface area contributed by atoms with Crippen LogP contribution in [-0.2, 0) is 12.8 Å². The SMILES string of the molecule is CCCc1cc(=O)n2nc(NCC3C4Cc5ccccc5C34)sc2n1. The number of aryl methyl sites for hydroxylation is 1. The molecule has 0 amide bonds. The zero-order valence-electron chi connectivity index (χ0n) is 14.1. The summed E-state index contributed by atoms with van der Waals surface area (Å²) in [7, 11) is 0. The summed E-state index contributed by atoms with van der Waals surface area (Å²) in [5.74, 6) is 2.16. The molecule has 0 saturated heterocycles. The summed E-state index contributed by atoms with van der Waals surface area (Å²) in [6.45, 7) is 3.01. The highest BCUT2D eigenvalue weighted by molar-refractivity contribution is 7.20. The number of fused-ring (bicyclic) bond motifs is 4. The van der Waals surface area contributed by atoms with Crippen LogP contribution in [0.5, 0.6) is 0 Å². The Hall–Kier alpha value is -2.21. The minimum Gasteiger partial charge on any atom is -0.360 e. The largest absolute Gasteiger partial charge is 0.360 e. The van der Waals surface area contributed by atoms with Crippen molar-refractivity contribution < 1.29 is 0 Å². The molecule has 1 N–H and O–H groups in total. The van der Waals surface area contributed by atoms with Crippen LogP contribution in [0.3, 0.4) is 0 Å². The highest BCUT2D eigenvalue weighted by atomic mass is 32.1. The van der Waals surface area contributed by atoms with Crippen LogP contribution < -0.4 is 10.9 Å². The van der Waals surface area contributed by atoms with Crippen molar-refractivity contribution in [3.05, 3.63) is 57.5 Å². The fourth-order valence-electron chi connectivity index (χ4n) is 4.28. The van der Waals surface area contributed by atoms with E-state index in [0.717, 1.165) is 36.1 Å². The summed E-state index contributed by atoms with van der Waals surface area (Å²) < 4.78 is 1.41. The van der Waals surface area contributed by atoms with Crippen LogP contribution in [0.1, 0.15) is 36.1 Å². The molecule has 2 heterocycles. The molecule has 3 aromatic rings. The highest BCUT2D eigenvalue weighted by Crippen LogP contribution is 2.61. The lowest BCUT2D eigenvalue weighted by molar-refractivity contribution is 0.717. The first kappa shape index (κ1) is 15.1. The van der Waals surface area contributed by atoms with Crippen molar-refractivity contribution in [3.63, 3.8) is 0 Å². The van der Waals surface area contributed by atoms with Gasteiger partial charge in [0.15, 0.2) is 0 Å². The van der Waals surface area contributed by atoms with Gasteiger partial charge in [-0.1, -0.05) is 48.9 Å². The van der Waals surface area contributed by atoms with Gasteiger partial charge in [-0.15, -0.1) is 5.10 Å². The quantitative estimate of drug-likeness (QED) is 0.766. The number of benzene rings is 1. The van der Waals surface area contributed by atoms with Gasteiger partial charge < -0.3 is 5.32 Å². The first-order valence-electron chi connectivity index (χ1n) is 8.96. The number of anilines is 1. The Labute approximate surface area is 149 Å². The molecular weight excluding hydrogens is 332 g/mol. The predicted molar refractivity (Wildman–Crippen MR) is 99.5 cm³/mol. The lowest BCUT2D eigenvalue weighted by atomic mass is 10.0. The second-order valence-electron chi connectivity index (χ2n) is 7.07. The van der Waals surface area contributed by atoms with Crippen LogP contribution in [0, 0.1) is 11.8 Å². The van der Waals surface area contributed by atoms with Crippen LogP contribution >= 0.6 is 11.3 Å². The van der Waals surface area contributed by atoms with E-state index in [4.69, 9.17) is 0 Å². The normalized spacial score (nSPS) is 23.5. The number of aromatic nitrogens is 3. The number of nitrogens with zero attached hydrogens (tertiary/aromatic N) is 3. The Kier molecular flexibility index (Phi) is 3.41. The molecule has 3 unspecified atom stereocenters. The van der Waals surface area contributed by atoms with E-state index in [1.165, 1.54) is 33.4 Å². The standard InChI is InChI=1S/C19H20N4OS/c1-2-5-12-9-16(24)23-19(21-12)25-18(22-23)20-10-15-14-8-11-6-3-4-7-13(11)17(14)15/h3-4,6-7,9,14-15,17H,2,5,8,10H2,1H3,(H,20,22). The Morgan fingerprint density at radius 2 is 2.24 bits per heavy atom. The molecule has 5 nitrogen and oxygen atoms in total. The fourth-order valence-corrected chi connectivity index (χ4v) is 5.11. The van der Waals surface area contributed by atoms with Crippen molar-refractivity contribution in [1.82, 2.24) is 14.6 Å². The maximum atomic E-state index is 12.2. The Morgan fingerprint density at radius 1 is 1.36 bits per heavy atom. The van der Waals surface area contributed by atoms with Gasteiger partial charge >= 0.3 is 0 Å². The topological polar surface area (TPSA) is 59.3 Å². The molecule has 6 heteroatoms. The highest BCUT2D eigenvalue weighted by Gasteiger charge is 2.54. The number of hydrogen-bond acceptors (Lipinski definition) is 5. The molecule has 1 saturated carbocycles. The maximum absolute atomic E-state index is 12.2. The van der Waals surface area contributed by atoms with E-state index in [1.54, 1.807) is 6.07 Å². The second-order valence-corrected chi connectivity index (χ2v) is 8.03. The van der Waals surface area contributed by atoms with Gasteiger partial charge in [0.1, 0.15) is 0 Å². The Bertz CT molecular complexity index is 1010. The molecule has 5 rings (SSSR count). The zero-order chi connectivity index (χ0) is 17.0. The van der Waals surface area contributed by atoms with E-state index in [2.05, 4.69) is 46.6 Å². The van der Waals surface area contributed by atoms with Gasteiger partial charge in [0.2, 0.25) is 10.1 Å². The van der Waals surface area contributed by atoms with Crippen molar-refractivity contribution in [2.24, 2.45) is 11.8 Å². The average molecular weight is 352 g/mol. The average Bonchev–Trinajstić information content (AvgIpc) is 2.94. The van der Waals surface area contributed by atoms with Crippen LogP contribution in [-0.4, -0.2) is 21.1 Å². The molecule has 2 aliphatic carbocycles. The van der Waals surface area contributed by atoms with E-state index in [1.807, 2.05) is 0 Å². The minimum absolute atomic E-state index is 0.0880. The first-order chi connectivity index (χ1) is 12.2. The van der Waals surface area contributed by atoms with Crippen molar-refractivity contribution >= 4 is 21.4 Å². The van der Waals surface area contributed by atoms with E-state index < -0.39 is 0 Å². The van der Waals surface area contributed by atoms with Crippen LogP contribution in [0.15, 0.2) is 35.1 Å². The molecule has 25 heavy (non-hydrogen) atoms. The summed E-state index contributed by atoms with van der Waals surface area (Å²) in [4.78, 5) is 17.4. The van der Waals surface area contributed by atoms with Gasteiger partial charge in [0, 0.05) is 18.3 Å². The molecule has 0 spiro atoms. The minimum atomic E-state index is -0.0880. The summed E-state index contributed by atoms with van der Waals surface area (Å²) in [5, 5.41) is 8.63. The predicted octanol–water partition coefficient (Wildman–Crippen LogP) is 3.10. The van der Waals surface area contributed by atoms with Crippen LogP contribution in [0.4, 0.5) is 5.13 Å². The van der Waals surface area contributed by atoms with Crippen molar-refractivity contribution in [3.8, 4) is 0 Å². The van der Waals surface area contributed by atoms with Crippen molar-refractivity contribution in [2.75, 3.05) is 11.9 Å². The number of nitrogens with one attached hydrogen (secondary N) is 1. The van der Waals surface area contributed by atoms with Crippen LogP contribution in [0.2, 0.25) is 0 Å². The second kappa shape index (κ2) is 5.66. The van der Waals surface area contributed by atoms with Gasteiger partial charge in [0.05, 0.1) is 0 Å². The third-order valence-corrected chi connectivity index (χ3v) is 6.36. The monoisotopic (exact) mass is 352 g/mol. The fraction of sp³-hybridized carbons (Fsp3) is 0.421. The van der Waals surface area contributed by atoms with Gasteiger partial charge in [-0.3, -0.25) is 4.79 Å². The smallest absolute Gasteiger partial charge is 0.275 e. The summed E-state index contributed by atoms with van der Waals surface area (Å²) in [5.41, 5.74) is 3.82. The van der Waals surface area contributed by atoms with Crippen molar-refractivity contribution in [1.29, 1.82) is 0 Å². The first-order valence-corrected chi connectivity index (χ1v) is 9.77. The van der Waals surface area contributed by atoms with Gasteiger partial charge in [-0.25, -0.2) is 4.98 Å². The maximum Gasteiger partial charge on any atom is 0.275 e. The molecule has 0 radical (unpaired) electrons. The van der Waals surface area contributed by atoms with E-state index in [-0.39, 0.29) is 5.56 Å². The molecular formula is C19H20N4OS. The van der Waals surface area contributed by atoms with Gasteiger partial charge in [-0.05, 0) is 41.7 Å². The Balaban J connectivity index is 1.31. The van der Waals surface area contributed by atoms with E-state index in [9.17, 15) is 4.79 Å². The lowest BCUT2D eigenvalue weighted by Crippen LogP contribution is -2.16. The molecule has 2 aliphatic rings. The number of rotatable bonds is 5. The lowest BCUT2D eigenvalue weighted by Gasteiger charge is -2.07. The third-order valence-electron chi connectivity index (χ3n) is 5.49. The third kappa shape index (κ3) is 2.47. The van der Waals surface area contributed by atoms with Crippen LogP contribution in [0.25, 0.3) is 4.96 Å². The zero-order valence-corrected chi connectivity index (χ0v) is 14.9. The van der Waals surface area contributed by atoms with E-state index in [0.29, 0.717) is 16.8 Å². The van der Waals surface area contributed by atoms with E-state index >= 15 is 0 Å². The molecule has 2 aromatic heterocycles. The molecule has 1 fully saturated rings.